The lowest BCUT2D eigenvalue weighted by atomic mass is 9.92. The molecule has 0 unspecified atom stereocenters. The fourth-order valence-electron chi connectivity index (χ4n) is 4.50. The van der Waals surface area contributed by atoms with Crippen LogP contribution in [0.4, 0.5) is 11.4 Å². The molecule has 1 N–H and O–H groups in total. The second-order valence-electron chi connectivity index (χ2n) is 12.0. The lowest BCUT2D eigenvalue weighted by Gasteiger charge is -2.24. The van der Waals surface area contributed by atoms with Crippen molar-refractivity contribution >= 4 is 25.2 Å². The van der Waals surface area contributed by atoms with E-state index < -0.39 is 8.07 Å². The van der Waals surface area contributed by atoms with Crippen molar-refractivity contribution < 1.29 is 0 Å². The van der Waals surface area contributed by atoms with Crippen LogP contribution in [-0.2, 0) is 0 Å². The molecule has 0 fully saturated rings. The van der Waals surface area contributed by atoms with Gasteiger partial charge in [-0.15, -0.1) is 0 Å². The minimum atomic E-state index is -1.34. The van der Waals surface area contributed by atoms with Gasteiger partial charge in [0.2, 0.25) is 0 Å². The molecule has 0 spiro atoms. The number of hydrogen-bond donors (Lipinski definition) is 1. The average Bonchev–Trinajstić information content (AvgIpc) is 2.70. The summed E-state index contributed by atoms with van der Waals surface area (Å²) in [5.41, 5.74) is 9.33. The summed E-state index contributed by atoms with van der Waals surface area (Å²) in [4.78, 5) is 5.44. The lowest BCUT2D eigenvalue weighted by molar-refractivity contribution is 0.833. The summed E-state index contributed by atoms with van der Waals surface area (Å²) < 4.78 is 0. The first-order chi connectivity index (χ1) is 15.3. The highest BCUT2D eigenvalue weighted by atomic mass is 28.3. The monoisotopic (exact) mass is 464 g/mol. The first-order valence-electron chi connectivity index (χ1n) is 12.9. The van der Waals surface area contributed by atoms with Crippen LogP contribution in [0.5, 0.6) is 0 Å². The van der Waals surface area contributed by atoms with E-state index in [1.54, 1.807) is 0 Å². The fourth-order valence-corrected chi connectivity index (χ4v) is 5.93. The molecule has 182 valence electrons. The van der Waals surface area contributed by atoms with E-state index in [2.05, 4.69) is 117 Å². The molecule has 0 aromatic heterocycles. The summed E-state index contributed by atoms with van der Waals surface area (Å²) in [6.45, 7) is 26.4. The molecule has 0 amide bonds. The van der Waals surface area contributed by atoms with Gasteiger partial charge in [-0.1, -0.05) is 111 Å². The van der Waals surface area contributed by atoms with Crippen molar-refractivity contribution in [2.24, 2.45) is 4.99 Å². The third-order valence-electron chi connectivity index (χ3n) is 6.19. The van der Waals surface area contributed by atoms with Gasteiger partial charge in [-0.05, 0) is 52.0 Å². The summed E-state index contributed by atoms with van der Waals surface area (Å²) in [6, 6.07) is 14.6. The largest absolute Gasteiger partial charge is 0.379 e. The van der Waals surface area contributed by atoms with Gasteiger partial charge in [0.25, 0.3) is 0 Å². The zero-order chi connectivity index (χ0) is 24.9. The summed E-state index contributed by atoms with van der Waals surface area (Å²) in [7, 11) is -1.34. The Morgan fingerprint density at radius 3 is 1.45 bits per heavy atom. The zero-order valence-corrected chi connectivity index (χ0v) is 24.1. The highest BCUT2D eigenvalue weighted by Crippen LogP contribution is 2.36. The maximum Gasteiger partial charge on any atom is 0.0698 e. The van der Waals surface area contributed by atoms with Crippen molar-refractivity contribution in [3.05, 3.63) is 58.7 Å². The van der Waals surface area contributed by atoms with Crippen LogP contribution in [0.25, 0.3) is 0 Å². The number of aliphatic imine (C=N–C) groups is 1. The van der Waals surface area contributed by atoms with Crippen molar-refractivity contribution in [3.63, 3.8) is 0 Å². The SMILES string of the molecule is CC(C)c1cccc(C(C)C)c1N=C(CNc1c(C(C)C)cccc1C(C)C)C[Si](C)(C)C. The molecule has 3 heteroatoms. The average molecular weight is 465 g/mol. The minimum absolute atomic E-state index is 0.456. The Morgan fingerprint density at radius 2 is 1.09 bits per heavy atom. The smallest absolute Gasteiger partial charge is 0.0698 e. The highest BCUT2D eigenvalue weighted by Gasteiger charge is 2.21. The number of nitrogens with one attached hydrogen (secondary N) is 1. The van der Waals surface area contributed by atoms with Gasteiger partial charge in [0.1, 0.15) is 0 Å². The molecule has 0 aliphatic heterocycles. The molecule has 0 aliphatic rings. The van der Waals surface area contributed by atoms with Gasteiger partial charge in [-0.3, -0.25) is 4.99 Å². The number of para-hydroxylation sites is 2. The van der Waals surface area contributed by atoms with Crippen LogP contribution in [0.1, 0.15) is 101 Å². The van der Waals surface area contributed by atoms with Crippen LogP contribution < -0.4 is 5.32 Å². The quantitative estimate of drug-likeness (QED) is 0.274. The molecule has 0 atom stereocenters. The second-order valence-corrected chi connectivity index (χ2v) is 17.5. The normalized spacial score (nSPS) is 13.0. The molecule has 2 rings (SSSR count). The summed E-state index contributed by atoms with van der Waals surface area (Å²) in [5, 5.41) is 3.88. The predicted molar refractivity (Wildman–Crippen MR) is 153 cm³/mol. The Kier molecular flexibility index (Phi) is 9.55. The standard InChI is InChI=1S/C30H48N2Si/c1-20(2)25-14-12-15-26(21(3)4)29(25)31-18-24(19-33(9,10)11)32-30-27(22(5)6)16-13-17-28(30)23(7)8/h12-17,20-23,31H,18-19H2,1-11H3. The van der Waals surface area contributed by atoms with Crippen molar-refractivity contribution in [1.29, 1.82) is 0 Å². The molecular weight excluding hydrogens is 416 g/mol. The Balaban J connectivity index is 2.57. The first-order valence-corrected chi connectivity index (χ1v) is 16.6. The topological polar surface area (TPSA) is 24.4 Å². The van der Waals surface area contributed by atoms with Crippen LogP contribution in [0.3, 0.4) is 0 Å². The van der Waals surface area contributed by atoms with E-state index >= 15 is 0 Å². The fraction of sp³-hybridized carbons (Fsp3) is 0.567. The van der Waals surface area contributed by atoms with E-state index in [9.17, 15) is 0 Å². The van der Waals surface area contributed by atoms with Gasteiger partial charge >= 0.3 is 0 Å². The molecule has 0 aliphatic carbocycles. The molecule has 2 aromatic rings. The van der Waals surface area contributed by atoms with Crippen LogP contribution in [0.15, 0.2) is 41.4 Å². The van der Waals surface area contributed by atoms with Crippen molar-refractivity contribution in [2.45, 2.75) is 105 Å². The first kappa shape index (κ1) is 27.4. The van der Waals surface area contributed by atoms with E-state index in [0.717, 1.165) is 12.6 Å². The minimum Gasteiger partial charge on any atom is -0.379 e. The molecule has 0 saturated heterocycles. The van der Waals surface area contributed by atoms with Crippen molar-refractivity contribution in [3.8, 4) is 0 Å². The maximum atomic E-state index is 5.44. The summed E-state index contributed by atoms with van der Waals surface area (Å²) >= 11 is 0. The van der Waals surface area contributed by atoms with Gasteiger partial charge in [0.05, 0.1) is 20.3 Å². The van der Waals surface area contributed by atoms with Gasteiger partial charge < -0.3 is 5.32 Å². The van der Waals surface area contributed by atoms with Gasteiger partial charge in [-0.2, -0.15) is 0 Å². The van der Waals surface area contributed by atoms with Crippen molar-refractivity contribution in [1.82, 2.24) is 0 Å². The third kappa shape index (κ3) is 7.57. The van der Waals surface area contributed by atoms with Gasteiger partial charge in [0, 0.05) is 11.4 Å². The molecular formula is C30H48N2Si. The maximum absolute atomic E-state index is 5.44. The van der Waals surface area contributed by atoms with E-state index in [4.69, 9.17) is 4.99 Å². The van der Waals surface area contributed by atoms with E-state index in [1.807, 2.05) is 0 Å². The van der Waals surface area contributed by atoms with Gasteiger partial charge in [0.15, 0.2) is 0 Å². The van der Waals surface area contributed by atoms with Crippen molar-refractivity contribution in [2.75, 3.05) is 11.9 Å². The number of anilines is 1. The third-order valence-corrected chi connectivity index (χ3v) is 7.66. The molecule has 33 heavy (non-hydrogen) atoms. The lowest BCUT2D eigenvalue weighted by Crippen LogP contribution is -2.28. The molecule has 0 heterocycles. The zero-order valence-electron chi connectivity index (χ0n) is 23.1. The Hall–Kier alpha value is -1.87. The predicted octanol–water partition coefficient (Wildman–Crippen LogP) is 9.70. The summed E-state index contributed by atoms with van der Waals surface area (Å²) in [6.07, 6.45) is 0. The molecule has 0 saturated carbocycles. The summed E-state index contributed by atoms with van der Waals surface area (Å²) in [5.74, 6) is 1.88. The number of hydrogen-bond acceptors (Lipinski definition) is 2. The molecule has 0 bridgehead atoms. The van der Waals surface area contributed by atoms with Gasteiger partial charge in [-0.25, -0.2) is 0 Å². The Bertz CT molecular complexity index is 894. The van der Waals surface area contributed by atoms with Crippen LogP contribution >= 0.6 is 0 Å². The number of rotatable bonds is 10. The second kappa shape index (κ2) is 11.5. The molecule has 0 radical (unpaired) electrons. The molecule has 2 aromatic carbocycles. The number of benzene rings is 2. The number of nitrogens with zero attached hydrogens (tertiary/aromatic N) is 1. The van der Waals surface area contributed by atoms with Crippen LogP contribution in [0.2, 0.25) is 25.7 Å². The molecule has 2 nitrogen and oxygen atoms in total. The Labute approximate surface area is 205 Å². The van der Waals surface area contributed by atoms with E-state index in [-0.39, 0.29) is 0 Å². The highest BCUT2D eigenvalue weighted by molar-refractivity contribution is 6.79. The van der Waals surface area contributed by atoms with E-state index in [1.165, 1.54) is 39.3 Å². The van der Waals surface area contributed by atoms with Crippen LogP contribution in [0, 0.1) is 0 Å². The Morgan fingerprint density at radius 1 is 0.697 bits per heavy atom. The van der Waals surface area contributed by atoms with Crippen LogP contribution in [-0.4, -0.2) is 20.3 Å². The van der Waals surface area contributed by atoms with E-state index in [0.29, 0.717) is 23.7 Å².